The van der Waals surface area contributed by atoms with Crippen LogP contribution in [-0.2, 0) is 14.4 Å². The third kappa shape index (κ3) is 8.61. The van der Waals surface area contributed by atoms with E-state index >= 15 is 0 Å². The Balaban J connectivity index is 0.864. The fourth-order valence-electron chi connectivity index (χ4n) is 7.16. The van der Waals surface area contributed by atoms with E-state index in [0.717, 1.165) is 42.0 Å². The number of carbonyl (C=O) groups is 5. The second-order valence-corrected chi connectivity index (χ2v) is 15.6. The first-order valence-electron chi connectivity index (χ1n) is 18.4. The van der Waals surface area contributed by atoms with E-state index in [2.05, 4.69) is 20.5 Å². The molecular formula is C40H40Cl2N6O8S. The van der Waals surface area contributed by atoms with Crippen molar-refractivity contribution >= 4 is 86.8 Å². The van der Waals surface area contributed by atoms with Crippen molar-refractivity contribution in [3.8, 4) is 17.2 Å². The van der Waals surface area contributed by atoms with Crippen LogP contribution >= 0.6 is 35.0 Å². The molecule has 3 aliphatic heterocycles. The van der Waals surface area contributed by atoms with Crippen molar-refractivity contribution in [1.29, 1.82) is 0 Å². The second kappa shape index (κ2) is 17.6. The number of piperazine rings is 1. The van der Waals surface area contributed by atoms with Gasteiger partial charge in [-0.1, -0.05) is 29.3 Å². The van der Waals surface area contributed by atoms with Crippen molar-refractivity contribution in [2.24, 2.45) is 0 Å². The Morgan fingerprint density at radius 2 is 1.72 bits per heavy atom. The summed E-state index contributed by atoms with van der Waals surface area (Å²) < 4.78 is 17.2. The molecule has 0 radical (unpaired) electrons. The topological polar surface area (TPSA) is 160 Å². The van der Waals surface area contributed by atoms with Gasteiger partial charge in [0.15, 0.2) is 11.5 Å². The molecule has 1 unspecified atom stereocenters. The number of hydrogen-bond donors (Lipinski definition) is 2. The molecule has 4 heterocycles. The number of anilines is 2. The number of pyridine rings is 1. The monoisotopic (exact) mass is 834 g/mol. The van der Waals surface area contributed by atoms with E-state index in [1.807, 2.05) is 23.1 Å². The molecule has 7 rings (SSSR count). The van der Waals surface area contributed by atoms with Crippen LogP contribution in [0.1, 0.15) is 46.4 Å². The second-order valence-electron chi connectivity index (χ2n) is 13.6. The molecule has 2 saturated heterocycles. The van der Waals surface area contributed by atoms with Crippen LogP contribution in [-0.4, -0.2) is 115 Å². The molecule has 4 aromatic rings. The molecule has 3 aromatic carbocycles. The first kappa shape index (κ1) is 40.1. The van der Waals surface area contributed by atoms with Crippen molar-refractivity contribution in [3.63, 3.8) is 0 Å². The van der Waals surface area contributed by atoms with Crippen LogP contribution in [0.2, 0.25) is 10.0 Å². The molecule has 2 fully saturated rings. The first-order valence-corrected chi connectivity index (χ1v) is 20.2. The molecule has 2 N–H and O–H groups in total. The molecule has 0 saturated carbocycles. The van der Waals surface area contributed by atoms with Gasteiger partial charge in [-0.15, -0.1) is 11.8 Å². The summed E-state index contributed by atoms with van der Waals surface area (Å²) in [5.74, 6) is -0.0978. The van der Waals surface area contributed by atoms with Gasteiger partial charge in [0, 0.05) is 85.6 Å². The van der Waals surface area contributed by atoms with Gasteiger partial charge in [0.25, 0.3) is 11.8 Å². The molecule has 0 spiro atoms. The third-order valence-electron chi connectivity index (χ3n) is 10.1. The van der Waals surface area contributed by atoms with Crippen molar-refractivity contribution < 1.29 is 38.2 Å². The Hall–Kier alpha value is -5.09. The fraction of sp³-hybridized carbons (Fsp3) is 0.350. The Kier molecular flexibility index (Phi) is 12.4. The number of carbonyl (C=O) groups excluding carboxylic acids is 5. The van der Waals surface area contributed by atoms with Crippen LogP contribution in [0.4, 0.5) is 11.4 Å². The van der Waals surface area contributed by atoms with Gasteiger partial charge in [-0.05, 0) is 43.2 Å². The van der Waals surface area contributed by atoms with E-state index in [1.165, 1.54) is 11.8 Å². The molecule has 0 aliphatic carbocycles. The number of nitrogens with one attached hydrogen (secondary N) is 2. The lowest BCUT2D eigenvalue weighted by Gasteiger charge is -2.34. The Labute approximate surface area is 343 Å². The minimum Gasteiger partial charge on any atom is -0.495 e. The zero-order valence-corrected chi connectivity index (χ0v) is 33.6. The van der Waals surface area contributed by atoms with E-state index in [-0.39, 0.29) is 36.3 Å². The van der Waals surface area contributed by atoms with Gasteiger partial charge in [-0.3, -0.25) is 44.1 Å². The highest BCUT2D eigenvalue weighted by Crippen LogP contribution is 2.40. The summed E-state index contributed by atoms with van der Waals surface area (Å²) >= 11 is 14.0. The lowest BCUT2D eigenvalue weighted by Crippen LogP contribution is -2.54. The van der Waals surface area contributed by atoms with Gasteiger partial charge in [-0.2, -0.15) is 0 Å². The number of fused-ring (bicyclic) bond motifs is 2. The molecule has 17 heteroatoms. The average molecular weight is 836 g/mol. The zero-order chi connectivity index (χ0) is 40.2. The Bertz CT molecular complexity index is 2250. The molecule has 14 nitrogen and oxygen atoms in total. The Morgan fingerprint density at radius 3 is 2.47 bits per heavy atom. The SMILES string of the molecule is COc1cc(Nc2ccnc3cc(OCCCN4CCN(C(=O)CCSc5cccc6c5C(=O)N(C5CCC(=O)NC5=O)C6=O)CC4)c(OC)cc23)c(Cl)cc1Cl. The van der Waals surface area contributed by atoms with Crippen LogP contribution < -0.4 is 24.8 Å². The number of benzene rings is 3. The van der Waals surface area contributed by atoms with Gasteiger partial charge in [0.05, 0.1) is 53.2 Å². The number of halogens is 2. The fourth-order valence-corrected chi connectivity index (χ4v) is 8.68. The van der Waals surface area contributed by atoms with Crippen molar-refractivity contribution in [2.75, 3.05) is 64.6 Å². The normalized spacial score (nSPS) is 17.2. The zero-order valence-electron chi connectivity index (χ0n) is 31.3. The molecule has 0 bridgehead atoms. The summed E-state index contributed by atoms with van der Waals surface area (Å²) in [6.45, 7) is 3.94. The van der Waals surface area contributed by atoms with Gasteiger partial charge < -0.3 is 24.4 Å². The third-order valence-corrected chi connectivity index (χ3v) is 11.8. The number of amides is 5. The molecule has 5 amide bonds. The summed E-state index contributed by atoms with van der Waals surface area (Å²) in [5, 5.41) is 7.22. The summed E-state index contributed by atoms with van der Waals surface area (Å²) in [4.78, 5) is 74.0. The van der Waals surface area contributed by atoms with Crippen molar-refractivity contribution in [3.05, 3.63) is 75.9 Å². The maximum Gasteiger partial charge on any atom is 0.263 e. The van der Waals surface area contributed by atoms with Gasteiger partial charge in [-0.25, -0.2) is 0 Å². The van der Waals surface area contributed by atoms with Crippen LogP contribution in [0.3, 0.4) is 0 Å². The number of hydrogen-bond acceptors (Lipinski definition) is 12. The Morgan fingerprint density at radius 1 is 0.930 bits per heavy atom. The number of piperidine rings is 1. The molecule has 57 heavy (non-hydrogen) atoms. The lowest BCUT2D eigenvalue weighted by atomic mass is 10.0. The predicted molar refractivity (Wildman–Crippen MR) is 216 cm³/mol. The highest BCUT2D eigenvalue weighted by Gasteiger charge is 2.45. The maximum absolute atomic E-state index is 13.4. The van der Waals surface area contributed by atoms with Gasteiger partial charge >= 0.3 is 0 Å². The number of methoxy groups -OCH3 is 2. The van der Waals surface area contributed by atoms with Crippen molar-refractivity contribution in [1.82, 2.24) is 25.0 Å². The number of ether oxygens (including phenoxy) is 3. The number of thioether (sulfide) groups is 1. The van der Waals surface area contributed by atoms with E-state index < -0.39 is 29.7 Å². The molecule has 1 atom stereocenters. The smallest absolute Gasteiger partial charge is 0.263 e. The predicted octanol–water partition coefficient (Wildman–Crippen LogP) is 5.80. The lowest BCUT2D eigenvalue weighted by molar-refractivity contribution is -0.136. The maximum atomic E-state index is 13.4. The van der Waals surface area contributed by atoms with E-state index in [4.69, 9.17) is 37.4 Å². The summed E-state index contributed by atoms with van der Waals surface area (Å²) in [5.41, 5.74) is 2.56. The van der Waals surface area contributed by atoms with Gasteiger partial charge in [0.2, 0.25) is 17.7 Å². The average Bonchev–Trinajstić information content (AvgIpc) is 3.46. The molecule has 1 aromatic heterocycles. The van der Waals surface area contributed by atoms with Gasteiger partial charge in [0.1, 0.15) is 11.8 Å². The van der Waals surface area contributed by atoms with E-state index in [9.17, 15) is 24.0 Å². The number of aromatic nitrogens is 1. The highest BCUT2D eigenvalue weighted by atomic mass is 35.5. The van der Waals surface area contributed by atoms with E-state index in [1.54, 1.807) is 50.7 Å². The molecular weight excluding hydrogens is 795 g/mol. The number of rotatable bonds is 14. The minimum absolute atomic E-state index is 0.0250. The minimum atomic E-state index is -1.03. The van der Waals surface area contributed by atoms with Crippen molar-refractivity contribution in [2.45, 2.75) is 36.6 Å². The van der Waals surface area contributed by atoms with Crippen LogP contribution in [0.25, 0.3) is 10.9 Å². The van der Waals surface area contributed by atoms with E-state index in [0.29, 0.717) is 68.8 Å². The number of nitrogens with zero attached hydrogens (tertiary/aromatic N) is 4. The van der Waals surface area contributed by atoms with Crippen LogP contribution in [0.15, 0.2) is 59.6 Å². The molecule has 3 aliphatic rings. The standard InChI is InChI=1S/C40H40Cl2N6O8S/c1-54-31-22-29(25(41)20-26(31)42)44-27-9-11-43-28-21-33(32(55-2)19-24(27)28)56-17-4-12-46-13-15-47(16-14-46)36(50)10-18-57-34-6-3-5-23-37(34)40(53)48(39(23)52)30-7-8-35(49)45-38(30)51/h3,5-6,9,11,19-22,30H,4,7-8,10,12-18H2,1-2H3,(H,43,44)(H,45,49,51). The number of imide groups is 2. The summed E-state index contributed by atoms with van der Waals surface area (Å²) in [7, 11) is 3.13. The summed E-state index contributed by atoms with van der Waals surface area (Å²) in [6.07, 6.45) is 2.88. The molecule has 298 valence electrons. The quantitative estimate of drug-likeness (QED) is 0.0895. The highest BCUT2D eigenvalue weighted by molar-refractivity contribution is 7.99. The van der Waals surface area contributed by atoms with Crippen LogP contribution in [0, 0.1) is 0 Å². The largest absolute Gasteiger partial charge is 0.495 e. The van der Waals surface area contributed by atoms with Crippen LogP contribution in [0.5, 0.6) is 17.2 Å². The summed E-state index contributed by atoms with van der Waals surface area (Å²) in [6, 6.07) is 12.9. The first-order chi connectivity index (χ1) is 27.6.